The molecule has 19 heavy (non-hydrogen) atoms. The van der Waals surface area contributed by atoms with E-state index in [0.29, 0.717) is 19.1 Å². The lowest BCUT2D eigenvalue weighted by Gasteiger charge is -2.24. The van der Waals surface area contributed by atoms with E-state index in [-0.39, 0.29) is 11.9 Å². The summed E-state index contributed by atoms with van der Waals surface area (Å²) in [6, 6.07) is -0.299. The summed E-state index contributed by atoms with van der Waals surface area (Å²) in [6.07, 6.45) is 1.10. The van der Waals surface area contributed by atoms with Gasteiger partial charge in [-0.3, -0.25) is 10.1 Å². The zero-order valence-corrected chi connectivity index (χ0v) is 12.7. The third-order valence-corrected chi connectivity index (χ3v) is 3.23. The first-order valence-electron chi connectivity index (χ1n) is 6.94. The maximum absolute atomic E-state index is 11.6. The highest BCUT2D eigenvalue weighted by Crippen LogP contribution is 1.98. The van der Waals surface area contributed by atoms with E-state index in [1.807, 2.05) is 0 Å². The van der Waals surface area contributed by atoms with Gasteiger partial charge in [0.2, 0.25) is 5.91 Å². The van der Waals surface area contributed by atoms with Gasteiger partial charge in [-0.15, -0.1) is 0 Å². The lowest BCUT2D eigenvalue weighted by Crippen LogP contribution is -2.49. The number of nitrogens with zero attached hydrogens (tertiary/aromatic N) is 1. The summed E-state index contributed by atoms with van der Waals surface area (Å²) in [7, 11) is 2.06. The van der Waals surface area contributed by atoms with Crippen LogP contribution >= 0.6 is 0 Å². The zero-order chi connectivity index (χ0) is 14.8. The number of hydrogen-bond donors (Lipinski definition) is 3. The van der Waals surface area contributed by atoms with Crippen molar-refractivity contribution in [2.45, 2.75) is 46.2 Å². The van der Waals surface area contributed by atoms with E-state index in [9.17, 15) is 9.59 Å². The van der Waals surface area contributed by atoms with Gasteiger partial charge in [0, 0.05) is 25.7 Å². The summed E-state index contributed by atoms with van der Waals surface area (Å²) < 4.78 is 0. The number of urea groups is 1. The summed E-state index contributed by atoms with van der Waals surface area (Å²) in [6.45, 7) is 9.95. The van der Waals surface area contributed by atoms with Crippen molar-refractivity contribution in [2.75, 3.05) is 26.7 Å². The van der Waals surface area contributed by atoms with Crippen molar-refractivity contribution >= 4 is 11.9 Å². The fourth-order valence-corrected chi connectivity index (χ4v) is 1.51. The molecule has 0 saturated heterocycles. The van der Waals surface area contributed by atoms with E-state index in [4.69, 9.17) is 0 Å². The van der Waals surface area contributed by atoms with Crippen LogP contribution in [0.25, 0.3) is 0 Å². The predicted molar refractivity (Wildman–Crippen MR) is 77.1 cm³/mol. The van der Waals surface area contributed by atoms with Crippen molar-refractivity contribution in [3.8, 4) is 0 Å². The minimum Gasteiger partial charge on any atom is -0.338 e. The van der Waals surface area contributed by atoms with Crippen molar-refractivity contribution in [1.29, 1.82) is 0 Å². The van der Waals surface area contributed by atoms with Crippen molar-refractivity contribution in [1.82, 2.24) is 20.9 Å². The third-order valence-electron chi connectivity index (χ3n) is 3.23. The highest BCUT2D eigenvalue weighted by molar-refractivity contribution is 5.96. The van der Waals surface area contributed by atoms with Crippen molar-refractivity contribution in [3.05, 3.63) is 0 Å². The molecule has 0 spiro atoms. The summed E-state index contributed by atoms with van der Waals surface area (Å²) in [5.41, 5.74) is 0. The maximum Gasteiger partial charge on any atom is 0.321 e. The van der Waals surface area contributed by atoms with Crippen LogP contribution < -0.4 is 16.0 Å². The Balaban J connectivity index is 3.88. The van der Waals surface area contributed by atoms with E-state index in [1.54, 1.807) is 13.8 Å². The van der Waals surface area contributed by atoms with Crippen LogP contribution in [0.2, 0.25) is 0 Å². The second kappa shape index (κ2) is 9.75. The topological polar surface area (TPSA) is 73.5 Å². The maximum atomic E-state index is 11.6. The molecule has 6 nitrogen and oxygen atoms in total. The molecule has 0 bridgehead atoms. The van der Waals surface area contributed by atoms with Gasteiger partial charge < -0.3 is 15.5 Å². The van der Waals surface area contributed by atoms with Crippen molar-refractivity contribution < 1.29 is 9.59 Å². The van der Waals surface area contributed by atoms with Gasteiger partial charge in [0.25, 0.3) is 0 Å². The zero-order valence-electron chi connectivity index (χ0n) is 12.7. The number of likely N-dealkylation sites (N-methyl/N-ethyl adjacent to an activating group) is 1. The predicted octanol–water partition coefficient (Wildman–Crippen LogP) is 0.541. The normalized spacial score (nSPS) is 14.0. The van der Waals surface area contributed by atoms with E-state index >= 15 is 0 Å². The Bertz CT molecular complexity index is 284. The molecular weight excluding hydrogens is 244 g/mol. The molecule has 0 aromatic rings. The minimum absolute atomic E-state index is 0.308. The molecule has 0 aromatic carbocycles. The SMILES string of the molecule is CCNC(=O)NC(=O)C(C)NCCN(C)C(C)CC. The second-order valence-electron chi connectivity index (χ2n) is 4.76. The summed E-state index contributed by atoms with van der Waals surface area (Å²) in [4.78, 5) is 25.1. The molecule has 0 aliphatic heterocycles. The Morgan fingerprint density at radius 2 is 1.84 bits per heavy atom. The van der Waals surface area contributed by atoms with Gasteiger partial charge in [0.15, 0.2) is 0 Å². The first kappa shape index (κ1) is 17.9. The molecule has 0 aromatic heterocycles. The lowest BCUT2D eigenvalue weighted by molar-refractivity contribution is -0.121. The van der Waals surface area contributed by atoms with Crippen LogP contribution in [0.1, 0.15) is 34.1 Å². The van der Waals surface area contributed by atoms with Crippen LogP contribution in [0.5, 0.6) is 0 Å². The molecule has 0 heterocycles. The highest BCUT2D eigenvalue weighted by Gasteiger charge is 2.15. The summed E-state index contributed by atoms with van der Waals surface area (Å²) in [5, 5.41) is 7.91. The molecule has 6 heteroatoms. The Morgan fingerprint density at radius 3 is 2.37 bits per heavy atom. The molecule has 0 fully saturated rings. The quantitative estimate of drug-likeness (QED) is 0.603. The van der Waals surface area contributed by atoms with E-state index in [1.165, 1.54) is 0 Å². The van der Waals surface area contributed by atoms with Crippen LogP contribution in [-0.2, 0) is 4.79 Å². The van der Waals surface area contributed by atoms with Gasteiger partial charge >= 0.3 is 6.03 Å². The number of imide groups is 1. The molecular formula is C13H28N4O2. The lowest BCUT2D eigenvalue weighted by atomic mass is 10.2. The average Bonchev–Trinajstić information content (AvgIpc) is 2.37. The number of carbonyl (C=O) groups is 2. The second-order valence-corrected chi connectivity index (χ2v) is 4.76. The summed E-state index contributed by atoms with van der Waals surface area (Å²) in [5.74, 6) is -0.308. The van der Waals surface area contributed by atoms with Crippen molar-refractivity contribution in [3.63, 3.8) is 0 Å². The van der Waals surface area contributed by atoms with E-state index in [0.717, 1.165) is 13.0 Å². The van der Waals surface area contributed by atoms with Crippen LogP contribution in [0, 0.1) is 0 Å². The third kappa shape index (κ3) is 7.79. The van der Waals surface area contributed by atoms with Gasteiger partial charge in [0.1, 0.15) is 0 Å². The first-order valence-corrected chi connectivity index (χ1v) is 6.94. The van der Waals surface area contributed by atoms with Crippen LogP contribution in [0.3, 0.4) is 0 Å². The number of amides is 3. The molecule has 0 radical (unpaired) electrons. The summed E-state index contributed by atoms with van der Waals surface area (Å²) >= 11 is 0. The number of hydrogen-bond acceptors (Lipinski definition) is 4. The molecule has 3 amide bonds. The van der Waals surface area contributed by atoms with Gasteiger partial charge in [0.05, 0.1) is 6.04 Å². The number of nitrogens with one attached hydrogen (secondary N) is 3. The van der Waals surface area contributed by atoms with Gasteiger partial charge in [-0.25, -0.2) is 4.79 Å². The first-order chi connectivity index (χ1) is 8.92. The largest absolute Gasteiger partial charge is 0.338 e. The van der Waals surface area contributed by atoms with Gasteiger partial charge in [-0.05, 0) is 34.2 Å². The Kier molecular flexibility index (Phi) is 9.16. The van der Waals surface area contributed by atoms with Crippen LogP contribution in [0.4, 0.5) is 4.79 Å². The Labute approximate surface area is 116 Å². The fraction of sp³-hybridized carbons (Fsp3) is 0.846. The van der Waals surface area contributed by atoms with Gasteiger partial charge in [-0.2, -0.15) is 0 Å². The molecule has 0 aliphatic rings. The molecule has 0 aliphatic carbocycles. The van der Waals surface area contributed by atoms with Crippen LogP contribution in [-0.4, -0.2) is 55.6 Å². The average molecular weight is 272 g/mol. The van der Waals surface area contributed by atoms with E-state index in [2.05, 4.69) is 41.7 Å². The minimum atomic E-state index is -0.446. The Morgan fingerprint density at radius 1 is 1.21 bits per heavy atom. The highest BCUT2D eigenvalue weighted by atomic mass is 16.2. The van der Waals surface area contributed by atoms with Gasteiger partial charge in [-0.1, -0.05) is 6.92 Å². The fourth-order valence-electron chi connectivity index (χ4n) is 1.51. The number of carbonyl (C=O) groups excluding carboxylic acids is 2. The molecule has 2 atom stereocenters. The molecule has 0 rings (SSSR count). The van der Waals surface area contributed by atoms with Crippen molar-refractivity contribution in [2.24, 2.45) is 0 Å². The molecule has 2 unspecified atom stereocenters. The monoisotopic (exact) mass is 272 g/mol. The Hall–Kier alpha value is -1.14. The number of rotatable bonds is 8. The standard InChI is InChI=1S/C13H28N4O2/c1-6-10(3)17(5)9-8-15-11(4)12(18)16-13(19)14-7-2/h10-11,15H,6-9H2,1-5H3,(H2,14,16,18,19). The smallest absolute Gasteiger partial charge is 0.321 e. The molecule has 112 valence electrons. The van der Waals surface area contributed by atoms with Crippen LogP contribution in [0.15, 0.2) is 0 Å². The molecule has 3 N–H and O–H groups in total. The molecule has 0 saturated carbocycles. The van der Waals surface area contributed by atoms with E-state index < -0.39 is 6.03 Å².